The molecule has 1 aromatic heterocycles. The molecule has 0 aliphatic carbocycles. The van der Waals surface area contributed by atoms with Crippen molar-refractivity contribution in [3.63, 3.8) is 0 Å². The molecule has 0 spiro atoms. The second-order valence-electron chi connectivity index (χ2n) is 4.66. The average molecular weight is 275 g/mol. The zero-order valence-corrected chi connectivity index (χ0v) is 11.7. The van der Waals surface area contributed by atoms with Crippen LogP contribution >= 0.6 is 0 Å². The third kappa shape index (κ3) is 2.93. The van der Waals surface area contributed by atoms with E-state index in [1.807, 2.05) is 20.8 Å². The van der Waals surface area contributed by atoms with Crippen LogP contribution < -0.4 is 5.32 Å². The number of nitrogens with one attached hydrogen (secondary N) is 2. The Morgan fingerprint density at radius 1 is 1.45 bits per heavy atom. The lowest BCUT2D eigenvalue weighted by molar-refractivity contribution is -0.384. The molecule has 1 aromatic carbocycles. The molecule has 0 amide bonds. The van der Waals surface area contributed by atoms with Crippen molar-refractivity contribution in [1.29, 1.82) is 0 Å². The van der Waals surface area contributed by atoms with Crippen LogP contribution in [0.3, 0.4) is 0 Å². The Balaban J connectivity index is 2.32. The summed E-state index contributed by atoms with van der Waals surface area (Å²) in [6.45, 7) is 5.69. The predicted molar refractivity (Wildman–Crippen MR) is 75.6 cm³/mol. The van der Waals surface area contributed by atoms with E-state index in [1.165, 1.54) is 6.07 Å². The molecule has 0 radical (unpaired) electrons. The van der Waals surface area contributed by atoms with Crippen LogP contribution in [-0.2, 0) is 0 Å². The maximum absolute atomic E-state index is 11.1. The minimum atomic E-state index is -0.391. The SMILES string of the molecule is CC[C@@H](Nc1cc(C)ccc1[N+](=O)[O-])c1n[nH]c(C)n1. The second-order valence-corrected chi connectivity index (χ2v) is 4.66. The molecular formula is C13H17N5O2. The molecule has 0 saturated heterocycles. The first-order valence-corrected chi connectivity index (χ1v) is 6.41. The number of nitrogens with zero attached hydrogens (tertiary/aromatic N) is 3. The van der Waals surface area contributed by atoms with E-state index in [4.69, 9.17) is 0 Å². The highest BCUT2D eigenvalue weighted by Gasteiger charge is 2.19. The first-order chi connectivity index (χ1) is 9.51. The number of hydrogen-bond donors (Lipinski definition) is 2. The van der Waals surface area contributed by atoms with Gasteiger partial charge in [-0.2, -0.15) is 5.10 Å². The highest BCUT2D eigenvalue weighted by Crippen LogP contribution is 2.29. The quantitative estimate of drug-likeness (QED) is 0.646. The number of aryl methyl sites for hydroxylation is 2. The van der Waals surface area contributed by atoms with E-state index in [1.54, 1.807) is 12.1 Å². The van der Waals surface area contributed by atoms with Gasteiger partial charge in [0, 0.05) is 6.07 Å². The maximum Gasteiger partial charge on any atom is 0.292 e. The van der Waals surface area contributed by atoms with Gasteiger partial charge in [0.2, 0.25) is 0 Å². The molecule has 2 rings (SSSR count). The van der Waals surface area contributed by atoms with Gasteiger partial charge in [0.25, 0.3) is 5.69 Å². The Bertz CT molecular complexity index is 623. The zero-order chi connectivity index (χ0) is 14.7. The standard InChI is InChI=1S/C13H17N5O2/c1-4-10(13-14-9(3)16-17-13)15-11-7-8(2)5-6-12(11)18(19)20/h5-7,10,15H,4H2,1-3H3,(H,14,16,17)/t10-/m1/s1. The Kier molecular flexibility index (Phi) is 3.97. The lowest BCUT2D eigenvalue weighted by Gasteiger charge is -2.15. The van der Waals surface area contributed by atoms with E-state index in [9.17, 15) is 10.1 Å². The van der Waals surface area contributed by atoms with E-state index < -0.39 is 4.92 Å². The number of benzene rings is 1. The van der Waals surface area contributed by atoms with Crippen molar-refractivity contribution in [2.24, 2.45) is 0 Å². The summed E-state index contributed by atoms with van der Waals surface area (Å²) in [5, 5.41) is 21.1. The van der Waals surface area contributed by atoms with Crippen molar-refractivity contribution in [1.82, 2.24) is 15.2 Å². The number of nitro groups is 1. The summed E-state index contributed by atoms with van der Waals surface area (Å²) in [6, 6.07) is 4.83. The number of nitro benzene ring substituents is 1. The molecule has 0 fully saturated rings. The third-order valence-electron chi connectivity index (χ3n) is 3.01. The molecule has 0 bridgehead atoms. The molecule has 0 aliphatic heterocycles. The van der Waals surface area contributed by atoms with E-state index in [2.05, 4.69) is 20.5 Å². The first kappa shape index (κ1) is 14.0. The minimum Gasteiger partial charge on any atom is -0.369 e. The van der Waals surface area contributed by atoms with Crippen LogP contribution in [0, 0.1) is 24.0 Å². The third-order valence-corrected chi connectivity index (χ3v) is 3.01. The predicted octanol–water partition coefficient (Wildman–Crippen LogP) is 2.89. The fourth-order valence-corrected chi connectivity index (χ4v) is 1.98. The number of anilines is 1. The van der Waals surface area contributed by atoms with Gasteiger partial charge >= 0.3 is 0 Å². The van der Waals surface area contributed by atoms with Crippen LogP contribution in [0.1, 0.15) is 36.6 Å². The topological polar surface area (TPSA) is 96.7 Å². The summed E-state index contributed by atoms with van der Waals surface area (Å²) >= 11 is 0. The summed E-state index contributed by atoms with van der Waals surface area (Å²) in [4.78, 5) is 15.0. The van der Waals surface area contributed by atoms with Gasteiger partial charge < -0.3 is 5.32 Å². The Hall–Kier alpha value is -2.44. The van der Waals surface area contributed by atoms with Crippen LogP contribution in [0.2, 0.25) is 0 Å². The van der Waals surface area contributed by atoms with Gasteiger partial charge in [-0.05, 0) is 31.9 Å². The zero-order valence-electron chi connectivity index (χ0n) is 11.7. The monoisotopic (exact) mass is 275 g/mol. The lowest BCUT2D eigenvalue weighted by atomic mass is 10.1. The van der Waals surface area contributed by atoms with E-state index in [-0.39, 0.29) is 11.7 Å². The summed E-state index contributed by atoms with van der Waals surface area (Å²) in [6.07, 6.45) is 0.725. The normalized spacial score (nSPS) is 12.2. The van der Waals surface area contributed by atoms with Gasteiger partial charge in [-0.3, -0.25) is 15.2 Å². The van der Waals surface area contributed by atoms with E-state index in [0.29, 0.717) is 11.5 Å². The molecule has 1 atom stereocenters. The fraction of sp³-hybridized carbons (Fsp3) is 0.385. The van der Waals surface area contributed by atoms with E-state index in [0.717, 1.165) is 17.8 Å². The Morgan fingerprint density at radius 2 is 2.20 bits per heavy atom. The number of aromatic nitrogens is 3. The minimum absolute atomic E-state index is 0.0568. The lowest BCUT2D eigenvalue weighted by Crippen LogP contribution is -2.13. The molecule has 7 nitrogen and oxygen atoms in total. The smallest absolute Gasteiger partial charge is 0.292 e. The van der Waals surface area contributed by atoms with Crippen molar-refractivity contribution >= 4 is 11.4 Å². The fourth-order valence-electron chi connectivity index (χ4n) is 1.98. The maximum atomic E-state index is 11.1. The van der Waals surface area contributed by atoms with Crippen molar-refractivity contribution in [2.75, 3.05) is 5.32 Å². The second kappa shape index (κ2) is 5.68. The molecule has 2 N–H and O–H groups in total. The van der Waals surface area contributed by atoms with Crippen LogP contribution in [0.15, 0.2) is 18.2 Å². The van der Waals surface area contributed by atoms with Gasteiger partial charge in [0.15, 0.2) is 5.82 Å². The Labute approximate surface area is 116 Å². The van der Waals surface area contributed by atoms with Crippen molar-refractivity contribution in [3.8, 4) is 0 Å². The molecule has 0 aliphatic rings. The highest BCUT2D eigenvalue weighted by molar-refractivity contribution is 5.63. The summed E-state index contributed by atoms with van der Waals surface area (Å²) in [5.41, 5.74) is 1.50. The van der Waals surface area contributed by atoms with Crippen molar-refractivity contribution in [2.45, 2.75) is 33.2 Å². The summed E-state index contributed by atoms with van der Waals surface area (Å²) in [7, 11) is 0. The van der Waals surface area contributed by atoms with Crippen LogP contribution in [0.5, 0.6) is 0 Å². The number of aromatic amines is 1. The molecular weight excluding hydrogens is 258 g/mol. The number of H-pyrrole nitrogens is 1. The largest absolute Gasteiger partial charge is 0.369 e. The Morgan fingerprint density at radius 3 is 2.75 bits per heavy atom. The number of hydrogen-bond acceptors (Lipinski definition) is 5. The summed E-state index contributed by atoms with van der Waals surface area (Å²) in [5.74, 6) is 1.33. The van der Waals surface area contributed by atoms with E-state index >= 15 is 0 Å². The van der Waals surface area contributed by atoms with Crippen LogP contribution in [0.4, 0.5) is 11.4 Å². The van der Waals surface area contributed by atoms with Gasteiger partial charge in [-0.15, -0.1) is 0 Å². The molecule has 1 heterocycles. The highest BCUT2D eigenvalue weighted by atomic mass is 16.6. The molecule has 2 aromatic rings. The van der Waals surface area contributed by atoms with Crippen molar-refractivity contribution < 1.29 is 4.92 Å². The molecule has 0 unspecified atom stereocenters. The molecule has 20 heavy (non-hydrogen) atoms. The van der Waals surface area contributed by atoms with Gasteiger partial charge in [-0.1, -0.05) is 13.0 Å². The molecule has 7 heteroatoms. The first-order valence-electron chi connectivity index (χ1n) is 6.41. The number of rotatable bonds is 5. The van der Waals surface area contributed by atoms with Crippen LogP contribution in [0.25, 0.3) is 0 Å². The van der Waals surface area contributed by atoms with Gasteiger partial charge in [0.05, 0.1) is 11.0 Å². The van der Waals surface area contributed by atoms with Crippen molar-refractivity contribution in [3.05, 3.63) is 45.5 Å². The summed E-state index contributed by atoms with van der Waals surface area (Å²) < 4.78 is 0. The molecule has 0 saturated carbocycles. The van der Waals surface area contributed by atoms with Gasteiger partial charge in [0.1, 0.15) is 11.5 Å². The van der Waals surface area contributed by atoms with Crippen LogP contribution in [-0.4, -0.2) is 20.1 Å². The molecule has 106 valence electrons. The average Bonchev–Trinajstić information content (AvgIpc) is 2.82. The van der Waals surface area contributed by atoms with Gasteiger partial charge in [-0.25, -0.2) is 4.98 Å².